The van der Waals surface area contributed by atoms with Crippen LogP contribution in [0.2, 0.25) is 0 Å². The number of carbonyl (C=O) groups excluding carboxylic acids is 3. The van der Waals surface area contributed by atoms with E-state index in [-0.39, 0.29) is 30.1 Å². The second kappa shape index (κ2) is 8.66. The molecule has 8 heteroatoms. The summed E-state index contributed by atoms with van der Waals surface area (Å²) in [6.07, 6.45) is 0.557. The Balaban J connectivity index is 1.87. The Hall–Kier alpha value is -1.52. The zero-order chi connectivity index (χ0) is 20.2. The number of ether oxygens (including phenoxy) is 1. The van der Waals surface area contributed by atoms with Gasteiger partial charge in [-0.05, 0) is 46.2 Å². The van der Waals surface area contributed by atoms with Crippen molar-refractivity contribution < 1.29 is 19.1 Å². The number of amides is 2. The van der Waals surface area contributed by atoms with Gasteiger partial charge in [-0.3, -0.25) is 28.1 Å². The van der Waals surface area contributed by atoms with E-state index in [1.807, 2.05) is 6.92 Å². The summed E-state index contributed by atoms with van der Waals surface area (Å²) >= 11 is 2.06. The fourth-order valence-electron chi connectivity index (χ4n) is 2.63. The van der Waals surface area contributed by atoms with E-state index in [2.05, 4.69) is 31.7 Å². The zero-order valence-electron chi connectivity index (χ0n) is 16.1. The van der Waals surface area contributed by atoms with E-state index in [1.54, 1.807) is 45.0 Å². The average molecular weight is 487 g/mol. The highest BCUT2D eigenvalue weighted by Gasteiger charge is 2.36. The molecule has 0 radical (unpaired) electrons. The van der Waals surface area contributed by atoms with Gasteiger partial charge in [0.05, 0.1) is 16.5 Å². The molecule has 1 aliphatic heterocycles. The number of hydrogen-bond acceptors (Lipinski definition) is 6. The highest BCUT2D eigenvalue weighted by atomic mass is 127. The summed E-state index contributed by atoms with van der Waals surface area (Å²) in [5.41, 5.74) is -0.0140. The minimum absolute atomic E-state index is 0.108. The number of imide groups is 1. The zero-order valence-corrected chi connectivity index (χ0v) is 18.3. The summed E-state index contributed by atoms with van der Waals surface area (Å²) in [6, 6.07) is 6.87. The molecule has 0 aliphatic carbocycles. The molecule has 148 valence electrons. The van der Waals surface area contributed by atoms with Crippen molar-refractivity contribution in [3.63, 3.8) is 0 Å². The molecule has 2 rings (SSSR count). The Kier molecular flexibility index (Phi) is 6.98. The van der Waals surface area contributed by atoms with Crippen LogP contribution in [0.5, 0.6) is 0 Å². The third-order valence-corrected chi connectivity index (χ3v) is 5.73. The van der Waals surface area contributed by atoms with Gasteiger partial charge in [0.1, 0.15) is 6.73 Å². The minimum atomic E-state index is -0.544. The fraction of sp³-hybridized carbons (Fsp3) is 0.526. The van der Waals surface area contributed by atoms with Crippen LogP contribution in [-0.4, -0.2) is 48.0 Å². The number of esters is 1. The second-order valence-corrected chi connectivity index (χ2v) is 8.50. The number of fused-ring (bicyclic) bond motifs is 1. The van der Waals surface area contributed by atoms with Gasteiger partial charge >= 0.3 is 5.97 Å². The third-order valence-electron chi connectivity index (χ3n) is 4.43. The molecule has 0 saturated heterocycles. The number of carbonyl (C=O) groups is 3. The predicted octanol–water partition coefficient (Wildman–Crippen LogP) is 2.51. The standard InChI is InChI=1S/C19H26IN3O4/c1-18(2,3)17(26)27-12-21-11-19(4,22-20)9-10-23-15(24)13-7-5-6-8-14(13)16(23)25/h5-8,21-22H,9-12H2,1-4H3/t19-/m1/s1. The van der Waals surface area contributed by atoms with Gasteiger partial charge in [-0.2, -0.15) is 0 Å². The molecule has 27 heavy (non-hydrogen) atoms. The van der Waals surface area contributed by atoms with Crippen molar-refractivity contribution in [3.05, 3.63) is 35.4 Å². The van der Waals surface area contributed by atoms with E-state index in [4.69, 9.17) is 4.74 Å². The van der Waals surface area contributed by atoms with Gasteiger partial charge in [0.15, 0.2) is 0 Å². The second-order valence-electron chi connectivity index (χ2n) is 7.97. The molecule has 7 nitrogen and oxygen atoms in total. The van der Waals surface area contributed by atoms with Crippen molar-refractivity contribution in [1.29, 1.82) is 0 Å². The largest absolute Gasteiger partial charge is 0.449 e. The van der Waals surface area contributed by atoms with Crippen LogP contribution in [0.15, 0.2) is 24.3 Å². The summed E-state index contributed by atoms with van der Waals surface area (Å²) in [7, 11) is 0. The maximum Gasteiger partial charge on any atom is 0.312 e. The van der Waals surface area contributed by atoms with Gasteiger partial charge in [0, 0.05) is 41.5 Å². The van der Waals surface area contributed by atoms with Crippen LogP contribution in [0.4, 0.5) is 0 Å². The van der Waals surface area contributed by atoms with Crippen LogP contribution in [0.25, 0.3) is 0 Å². The molecule has 0 aromatic heterocycles. The summed E-state index contributed by atoms with van der Waals surface area (Å²) in [5.74, 6) is -0.776. The minimum Gasteiger partial charge on any atom is -0.449 e. The van der Waals surface area contributed by atoms with Crippen LogP contribution in [-0.2, 0) is 9.53 Å². The van der Waals surface area contributed by atoms with Crippen molar-refractivity contribution in [2.24, 2.45) is 5.41 Å². The highest BCUT2D eigenvalue weighted by molar-refractivity contribution is 14.1. The van der Waals surface area contributed by atoms with Crippen LogP contribution in [0, 0.1) is 5.41 Å². The van der Waals surface area contributed by atoms with Gasteiger partial charge in [-0.1, -0.05) is 12.1 Å². The fourth-order valence-corrected chi connectivity index (χ4v) is 3.09. The molecule has 0 spiro atoms. The molecule has 1 aromatic carbocycles. The topological polar surface area (TPSA) is 87.7 Å². The van der Waals surface area contributed by atoms with Crippen molar-refractivity contribution in [2.45, 2.75) is 39.7 Å². The van der Waals surface area contributed by atoms with E-state index in [0.717, 1.165) is 0 Å². The summed E-state index contributed by atoms with van der Waals surface area (Å²) < 4.78 is 8.39. The van der Waals surface area contributed by atoms with Crippen molar-refractivity contribution in [2.75, 3.05) is 19.8 Å². The molecule has 1 atom stereocenters. The molecular weight excluding hydrogens is 461 g/mol. The van der Waals surface area contributed by atoms with Gasteiger partial charge in [-0.25, -0.2) is 0 Å². The van der Waals surface area contributed by atoms with E-state index in [9.17, 15) is 14.4 Å². The first-order valence-corrected chi connectivity index (χ1v) is 9.88. The molecular formula is C19H26IN3O4. The lowest BCUT2D eigenvalue weighted by molar-refractivity contribution is -0.153. The maximum atomic E-state index is 12.5. The van der Waals surface area contributed by atoms with Crippen LogP contribution >= 0.6 is 22.9 Å². The van der Waals surface area contributed by atoms with Gasteiger partial charge in [0.2, 0.25) is 0 Å². The van der Waals surface area contributed by atoms with Crippen LogP contribution in [0.1, 0.15) is 54.8 Å². The third kappa shape index (κ3) is 5.26. The smallest absolute Gasteiger partial charge is 0.312 e. The number of nitrogens with one attached hydrogen (secondary N) is 2. The van der Waals surface area contributed by atoms with Crippen LogP contribution in [0.3, 0.4) is 0 Å². The molecule has 0 fully saturated rings. The number of benzene rings is 1. The Bertz CT molecular complexity index is 697. The summed E-state index contributed by atoms with van der Waals surface area (Å²) in [6.45, 7) is 8.31. The van der Waals surface area contributed by atoms with Crippen molar-refractivity contribution in [3.8, 4) is 0 Å². The molecule has 1 aromatic rings. The lowest BCUT2D eigenvalue weighted by atomic mass is 9.97. The molecule has 2 amide bonds. The Morgan fingerprint density at radius 3 is 2.15 bits per heavy atom. The molecule has 1 aliphatic rings. The summed E-state index contributed by atoms with van der Waals surface area (Å²) in [4.78, 5) is 38.0. The number of rotatable bonds is 8. The highest BCUT2D eigenvalue weighted by Crippen LogP contribution is 2.24. The molecule has 0 unspecified atom stereocenters. The quantitative estimate of drug-likeness (QED) is 0.146. The van der Waals surface area contributed by atoms with Crippen LogP contribution < -0.4 is 8.85 Å². The normalized spacial score (nSPS) is 16.3. The molecule has 1 heterocycles. The lowest BCUT2D eigenvalue weighted by Gasteiger charge is -2.30. The molecule has 0 bridgehead atoms. The van der Waals surface area contributed by atoms with Gasteiger partial charge < -0.3 is 4.74 Å². The van der Waals surface area contributed by atoms with E-state index >= 15 is 0 Å². The van der Waals surface area contributed by atoms with Gasteiger partial charge in [-0.15, -0.1) is 0 Å². The SMILES string of the molecule is CC(C)(C)C(=O)OCNC[C@@](C)(CCN1C(=O)c2ccccc2C1=O)NI. The number of halogens is 1. The Labute approximate surface area is 173 Å². The van der Waals surface area contributed by atoms with E-state index in [0.29, 0.717) is 30.6 Å². The number of nitrogens with zero attached hydrogens (tertiary/aromatic N) is 1. The lowest BCUT2D eigenvalue weighted by Crippen LogP contribution is -2.49. The first kappa shape index (κ1) is 21.8. The molecule has 2 N–H and O–H groups in total. The monoisotopic (exact) mass is 487 g/mol. The number of hydrogen-bond donors (Lipinski definition) is 2. The average Bonchev–Trinajstić information content (AvgIpc) is 2.87. The maximum absolute atomic E-state index is 12.5. The van der Waals surface area contributed by atoms with E-state index in [1.165, 1.54) is 4.90 Å². The predicted molar refractivity (Wildman–Crippen MR) is 110 cm³/mol. The van der Waals surface area contributed by atoms with Crippen molar-refractivity contribution >= 4 is 40.6 Å². The van der Waals surface area contributed by atoms with Crippen molar-refractivity contribution in [1.82, 2.24) is 13.7 Å². The summed E-state index contributed by atoms with van der Waals surface area (Å²) in [5, 5.41) is 3.10. The van der Waals surface area contributed by atoms with E-state index < -0.39 is 5.41 Å². The first-order valence-electron chi connectivity index (χ1n) is 8.80. The first-order chi connectivity index (χ1) is 12.6. The Morgan fingerprint density at radius 1 is 1.11 bits per heavy atom. The van der Waals surface area contributed by atoms with Gasteiger partial charge in [0.25, 0.3) is 11.8 Å². The Morgan fingerprint density at radius 2 is 1.67 bits per heavy atom. The molecule has 0 saturated carbocycles.